The summed E-state index contributed by atoms with van der Waals surface area (Å²) in [6.45, 7) is 0.499. The van der Waals surface area contributed by atoms with Gasteiger partial charge in [-0.2, -0.15) is 0 Å². The van der Waals surface area contributed by atoms with E-state index in [-0.39, 0.29) is 6.42 Å². The lowest BCUT2D eigenvalue weighted by molar-refractivity contribution is -0.154. The van der Waals surface area contributed by atoms with Gasteiger partial charge in [0.25, 0.3) is 0 Å². The van der Waals surface area contributed by atoms with Crippen molar-refractivity contribution in [3.8, 4) is 0 Å². The molecule has 104 valence electrons. The number of carbonyl (C=O) groups is 2. The molecule has 1 aromatic heterocycles. The Morgan fingerprint density at radius 2 is 1.80 bits per heavy atom. The molecular weight excluding hydrogens is 262 g/mol. The summed E-state index contributed by atoms with van der Waals surface area (Å²) >= 11 is 0. The second-order valence-electron chi connectivity index (χ2n) is 4.33. The molecule has 2 rings (SSSR count). The van der Waals surface area contributed by atoms with Crippen LogP contribution in [0.5, 0.6) is 0 Å². The van der Waals surface area contributed by atoms with Crippen LogP contribution < -0.4 is 0 Å². The van der Waals surface area contributed by atoms with Gasteiger partial charge in [0.15, 0.2) is 5.92 Å². The van der Waals surface area contributed by atoms with Crippen molar-refractivity contribution in [1.82, 2.24) is 15.0 Å². The first-order chi connectivity index (χ1) is 9.56. The number of hydrogen-bond donors (Lipinski definition) is 2. The van der Waals surface area contributed by atoms with Gasteiger partial charge in [0.1, 0.15) is 0 Å². The Kier molecular flexibility index (Phi) is 4.09. The van der Waals surface area contributed by atoms with Crippen LogP contribution in [-0.4, -0.2) is 37.1 Å². The fraction of sp³-hybridized carbons (Fsp3) is 0.231. The third-order valence-electron chi connectivity index (χ3n) is 2.78. The van der Waals surface area contributed by atoms with Gasteiger partial charge in [0.2, 0.25) is 0 Å². The first-order valence-corrected chi connectivity index (χ1v) is 5.95. The molecule has 0 unspecified atom stereocenters. The summed E-state index contributed by atoms with van der Waals surface area (Å²) in [7, 11) is 0. The van der Waals surface area contributed by atoms with Gasteiger partial charge in [-0.05, 0) is 5.56 Å². The second-order valence-corrected chi connectivity index (χ2v) is 4.33. The minimum absolute atomic E-state index is 0.181. The molecule has 0 saturated carbocycles. The minimum Gasteiger partial charge on any atom is -0.481 e. The van der Waals surface area contributed by atoms with Crippen LogP contribution >= 0.6 is 0 Å². The number of benzene rings is 1. The van der Waals surface area contributed by atoms with E-state index in [1.54, 1.807) is 10.9 Å². The molecule has 0 saturated heterocycles. The normalized spacial score (nSPS) is 10.7. The summed E-state index contributed by atoms with van der Waals surface area (Å²) in [6.07, 6.45) is 1.38. The molecule has 0 aliphatic heterocycles. The van der Waals surface area contributed by atoms with Gasteiger partial charge in [-0.25, -0.2) is 4.68 Å². The van der Waals surface area contributed by atoms with E-state index in [1.165, 1.54) is 0 Å². The quantitative estimate of drug-likeness (QED) is 0.750. The second kappa shape index (κ2) is 5.96. The van der Waals surface area contributed by atoms with Gasteiger partial charge in [0, 0.05) is 12.6 Å². The minimum atomic E-state index is -1.50. The van der Waals surface area contributed by atoms with Gasteiger partial charge in [-0.15, -0.1) is 5.10 Å². The maximum Gasteiger partial charge on any atom is 0.318 e. The molecule has 0 radical (unpaired) electrons. The summed E-state index contributed by atoms with van der Waals surface area (Å²) in [5.74, 6) is -4.26. The summed E-state index contributed by atoms with van der Waals surface area (Å²) in [6, 6.07) is 9.56. The maximum absolute atomic E-state index is 10.8. The molecular formula is C13H13N3O4. The van der Waals surface area contributed by atoms with Crippen LogP contribution in [0, 0.1) is 5.92 Å². The third kappa shape index (κ3) is 3.41. The zero-order valence-corrected chi connectivity index (χ0v) is 10.5. The van der Waals surface area contributed by atoms with Crippen LogP contribution in [0.4, 0.5) is 0 Å². The fourth-order valence-electron chi connectivity index (χ4n) is 1.77. The SMILES string of the molecule is O=C(O)C(Cc1cn(Cc2ccccc2)nn1)C(=O)O. The lowest BCUT2D eigenvalue weighted by atomic mass is 10.0. The highest BCUT2D eigenvalue weighted by atomic mass is 16.4. The highest BCUT2D eigenvalue weighted by Crippen LogP contribution is 2.08. The van der Waals surface area contributed by atoms with E-state index >= 15 is 0 Å². The Morgan fingerprint density at radius 1 is 1.15 bits per heavy atom. The van der Waals surface area contributed by atoms with Gasteiger partial charge in [-0.3, -0.25) is 9.59 Å². The fourth-order valence-corrected chi connectivity index (χ4v) is 1.77. The van der Waals surface area contributed by atoms with E-state index in [9.17, 15) is 9.59 Å². The summed E-state index contributed by atoms with van der Waals surface area (Å²) < 4.78 is 1.55. The summed E-state index contributed by atoms with van der Waals surface area (Å²) in [4.78, 5) is 21.6. The molecule has 1 aromatic carbocycles. The highest BCUT2D eigenvalue weighted by molar-refractivity contribution is 5.93. The van der Waals surface area contributed by atoms with Crippen molar-refractivity contribution < 1.29 is 19.8 Å². The van der Waals surface area contributed by atoms with E-state index in [0.717, 1.165) is 5.56 Å². The van der Waals surface area contributed by atoms with Crippen molar-refractivity contribution in [2.75, 3.05) is 0 Å². The standard InChI is InChI=1S/C13H13N3O4/c17-12(18)11(13(19)20)6-10-8-16(15-14-10)7-9-4-2-1-3-5-9/h1-5,8,11H,6-7H2,(H,17,18)(H,19,20). The number of carboxylic acids is 2. The highest BCUT2D eigenvalue weighted by Gasteiger charge is 2.27. The molecule has 7 nitrogen and oxygen atoms in total. The first-order valence-electron chi connectivity index (χ1n) is 5.95. The van der Waals surface area contributed by atoms with Crippen molar-refractivity contribution in [2.45, 2.75) is 13.0 Å². The number of rotatable bonds is 6. The molecule has 0 amide bonds. The van der Waals surface area contributed by atoms with Crippen molar-refractivity contribution in [3.05, 3.63) is 47.8 Å². The summed E-state index contributed by atoms with van der Waals surface area (Å²) in [5, 5.41) is 25.3. The molecule has 0 fully saturated rings. The van der Waals surface area contributed by atoms with Crippen molar-refractivity contribution in [2.24, 2.45) is 5.92 Å². The molecule has 0 atom stereocenters. The van der Waals surface area contributed by atoms with E-state index in [2.05, 4.69) is 10.3 Å². The Bertz CT molecular complexity index is 595. The number of carboxylic acid groups (broad SMARTS) is 2. The van der Waals surface area contributed by atoms with Crippen LogP contribution in [0.15, 0.2) is 36.5 Å². The molecule has 1 heterocycles. The molecule has 0 spiro atoms. The van der Waals surface area contributed by atoms with Crippen LogP contribution in [0.2, 0.25) is 0 Å². The number of aliphatic carboxylic acids is 2. The number of nitrogens with zero attached hydrogens (tertiary/aromatic N) is 3. The van der Waals surface area contributed by atoms with E-state index in [0.29, 0.717) is 12.2 Å². The van der Waals surface area contributed by atoms with Gasteiger partial charge in [0.05, 0.1) is 12.2 Å². The number of hydrogen-bond acceptors (Lipinski definition) is 4. The lowest BCUT2D eigenvalue weighted by Gasteiger charge is -2.03. The predicted molar refractivity (Wildman–Crippen MR) is 68.0 cm³/mol. The molecule has 2 aromatic rings. The Balaban J connectivity index is 2.05. The molecule has 0 aliphatic carbocycles. The lowest BCUT2D eigenvalue weighted by Crippen LogP contribution is -2.25. The first kappa shape index (κ1) is 13.7. The smallest absolute Gasteiger partial charge is 0.318 e. The Labute approximate surface area is 114 Å². The zero-order valence-electron chi connectivity index (χ0n) is 10.5. The molecule has 2 N–H and O–H groups in total. The molecule has 0 aliphatic rings. The average molecular weight is 275 g/mol. The van der Waals surface area contributed by atoms with Gasteiger partial charge >= 0.3 is 11.9 Å². The van der Waals surface area contributed by atoms with Gasteiger partial charge in [-0.1, -0.05) is 35.5 Å². The monoisotopic (exact) mass is 275 g/mol. The molecule has 7 heteroatoms. The Morgan fingerprint density at radius 3 is 2.40 bits per heavy atom. The van der Waals surface area contributed by atoms with Crippen LogP contribution in [0.25, 0.3) is 0 Å². The average Bonchev–Trinajstić information content (AvgIpc) is 2.84. The van der Waals surface area contributed by atoms with Crippen LogP contribution in [0.1, 0.15) is 11.3 Å². The predicted octanol–water partition coefficient (Wildman–Crippen LogP) is 0.654. The van der Waals surface area contributed by atoms with E-state index in [1.807, 2.05) is 30.3 Å². The van der Waals surface area contributed by atoms with E-state index < -0.39 is 17.9 Å². The molecule has 0 bridgehead atoms. The number of aromatic nitrogens is 3. The van der Waals surface area contributed by atoms with Crippen molar-refractivity contribution in [1.29, 1.82) is 0 Å². The third-order valence-corrected chi connectivity index (χ3v) is 2.78. The summed E-state index contributed by atoms with van der Waals surface area (Å²) in [5.41, 5.74) is 1.37. The maximum atomic E-state index is 10.8. The zero-order chi connectivity index (χ0) is 14.5. The van der Waals surface area contributed by atoms with Crippen LogP contribution in [-0.2, 0) is 22.6 Å². The van der Waals surface area contributed by atoms with Crippen molar-refractivity contribution in [3.63, 3.8) is 0 Å². The van der Waals surface area contributed by atoms with E-state index in [4.69, 9.17) is 10.2 Å². The van der Waals surface area contributed by atoms with Gasteiger partial charge < -0.3 is 10.2 Å². The van der Waals surface area contributed by atoms with Crippen molar-refractivity contribution >= 4 is 11.9 Å². The Hall–Kier alpha value is -2.70. The topological polar surface area (TPSA) is 105 Å². The largest absolute Gasteiger partial charge is 0.481 e. The van der Waals surface area contributed by atoms with Crippen LogP contribution in [0.3, 0.4) is 0 Å². The molecule has 20 heavy (non-hydrogen) atoms.